The molecule has 0 aliphatic heterocycles. The molecule has 2 aromatic carbocycles. The van der Waals surface area contributed by atoms with Gasteiger partial charge in [0.15, 0.2) is 5.13 Å². The van der Waals surface area contributed by atoms with Crippen LogP contribution in [0.1, 0.15) is 0 Å². The minimum Gasteiger partial charge on any atom is -0.332 e. The van der Waals surface area contributed by atoms with Crippen LogP contribution in [0.25, 0.3) is 10.2 Å². The minimum absolute atomic E-state index is 0.256. The number of nitrogens with zero attached hydrogens (tertiary/aromatic N) is 1. The molecule has 2 nitrogen and oxygen atoms in total. The quantitative estimate of drug-likeness (QED) is 0.657. The van der Waals surface area contributed by atoms with Gasteiger partial charge in [-0.3, -0.25) is 0 Å². The molecule has 0 unspecified atom stereocenters. The minimum atomic E-state index is -0.256. The molecule has 0 atom stereocenters. The van der Waals surface area contributed by atoms with Crippen molar-refractivity contribution >= 4 is 55.0 Å². The fourth-order valence-electron chi connectivity index (χ4n) is 1.61. The summed E-state index contributed by atoms with van der Waals surface area (Å²) in [4.78, 5) is 4.36. The second-order valence-electron chi connectivity index (χ2n) is 3.76. The van der Waals surface area contributed by atoms with Gasteiger partial charge in [-0.25, -0.2) is 9.37 Å². The summed E-state index contributed by atoms with van der Waals surface area (Å²) in [5.41, 5.74) is 1.67. The maximum atomic E-state index is 13.1. The smallest absolute Gasteiger partial charge is 0.188 e. The molecule has 0 saturated heterocycles. The van der Waals surface area contributed by atoms with Crippen LogP contribution in [-0.4, -0.2) is 4.98 Å². The monoisotopic (exact) mass is 370 g/mol. The third-order valence-corrected chi connectivity index (χ3v) is 4.12. The molecule has 18 heavy (non-hydrogen) atoms. The Labute approximate surface area is 121 Å². The highest BCUT2D eigenvalue weighted by atomic mass is 127. The third kappa shape index (κ3) is 2.46. The highest BCUT2D eigenvalue weighted by molar-refractivity contribution is 14.1. The summed E-state index contributed by atoms with van der Waals surface area (Å²) in [5.74, 6) is -0.256. The van der Waals surface area contributed by atoms with Crippen molar-refractivity contribution in [2.75, 3.05) is 5.32 Å². The van der Waals surface area contributed by atoms with Crippen molar-refractivity contribution in [3.8, 4) is 0 Å². The Bertz CT molecular complexity index is 694. The molecule has 0 aliphatic carbocycles. The van der Waals surface area contributed by atoms with Crippen molar-refractivity contribution < 1.29 is 4.39 Å². The molecule has 1 N–H and O–H groups in total. The van der Waals surface area contributed by atoms with Gasteiger partial charge in [0.05, 0.1) is 10.2 Å². The van der Waals surface area contributed by atoms with Crippen molar-refractivity contribution in [1.82, 2.24) is 4.98 Å². The van der Waals surface area contributed by atoms with Gasteiger partial charge in [0.25, 0.3) is 0 Å². The van der Waals surface area contributed by atoms with Crippen LogP contribution in [0.4, 0.5) is 15.2 Å². The van der Waals surface area contributed by atoms with E-state index in [2.05, 4.69) is 32.9 Å². The molecule has 3 aromatic rings. The third-order valence-electron chi connectivity index (χ3n) is 2.45. The highest BCUT2D eigenvalue weighted by Gasteiger charge is 2.04. The summed E-state index contributed by atoms with van der Waals surface area (Å²) in [6, 6.07) is 12.7. The fraction of sp³-hybridized carbons (Fsp3) is 0. The molecule has 0 fully saturated rings. The van der Waals surface area contributed by atoms with Crippen LogP contribution in [0.15, 0.2) is 42.5 Å². The SMILES string of the molecule is Fc1ccc2sc(Nc3ccc(I)cc3)nc2c1. The van der Waals surface area contributed by atoms with E-state index in [1.54, 1.807) is 6.07 Å². The number of nitrogens with one attached hydrogen (secondary N) is 1. The topological polar surface area (TPSA) is 24.9 Å². The maximum absolute atomic E-state index is 13.1. The van der Waals surface area contributed by atoms with Crippen LogP contribution >= 0.6 is 33.9 Å². The number of anilines is 2. The van der Waals surface area contributed by atoms with Crippen LogP contribution in [0, 0.1) is 9.39 Å². The Kier molecular flexibility index (Phi) is 3.17. The molecule has 1 heterocycles. The first-order valence-corrected chi connectivity index (χ1v) is 7.19. The van der Waals surface area contributed by atoms with E-state index in [0.717, 1.165) is 15.5 Å². The number of fused-ring (bicyclic) bond motifs is 1. The fourth-order valence-corrected chi connectivity index (χ4v) is 2.84. The summed E-state index contributed by atoms with van der Waals surface area (Å²) >= 11 is 3.77. The Morgan fingerprint density at radius 3 is 2.67 bits per heavy atom. The van der Waals surface area contributed by atoms with E-state index in [1.807, 2.05) is 24.3 Å². The molecule has 3 rings (SSSR count). The summed E-state index contributed by atoms with van der Waals surface area (Å²) in [6.07, 6.45) is 0. The van der Waals surface area contributed by atoms with E-state index < -0.39 is 0 Å². The van der Waals surface area contributed by atoms with Gasteiger partial charge in [0, 0.05) is 15.3 Å². The van der Waals surface area contributed by atoms with Crippen molar-refractivity contribution in [2.45, 2.75) is 0 Å². The number of benzene rings is 2. The zero-order chi connectivity index (χ0) is 12.5. The van der Waals surface area contributed by atoms with Gasteiger partial charge < -0.3 is 5.32 Å². The first-order chi connectivity index (χ1) is 8.70. The lowest BCUT2D eigenvalue weighted by Gasteiger charge is -2.01. The Hall–Kier alpha value is -1.21. The lowest BCUT2D eigenvalue weighted by Crippen LogP contribution is -1.88. The van der Waals surface area contributed by atoms with Crippen LogP contribution in [0.3, 0.4) is 0 Å². The van der Waals surface area contributed by atoms with Gasteiger partial charge >= 0.3 is 0 Å². The number of halogens is 2. The van der Waals surface area contributed by atoms with Crippen LogP contribution in [-0.2, 0) is 0 Å². The second-order valence-corrected chi connectivity index (χ2v) is 6.04. The number of aromatic nitrogens is 1. The molecule has 0 radical (unpaired) electrons. The number of rotatable bonds is 2. The summed E-state index contributed by atoms with van der Waals surface area (Å²) < 4.78 is 15.2. The highest BCUT2D eigenvalue weighted by Crippen LogP contribution is 2.28. The van der Waals surface area contributed by atoms with E-state index in [-0.39, 0.29) is 5.82 Å². The van der Waals surface area contributed by atoms with Crippen molar-refractivity contribution in [3.05, 3.63) is 51.9 Å². The number of hydrogen-bond donors (Lipinski definition) is 1. The van der Waals surface area contributed by atoms with Crippen LogP contribution < -0.4 is 5.32 Å². The van der Waals surface area contributed by atoms with E-state index in [9.17, 15) is 4.39 Å². The van der Waals surface area contributed by atoms with E-state index in [1.165, 1.54) is 27.0 Å². The molecule has 0 saturated carbocycles. The predicted octanol–water partition coefficient (Wildman–Crippen LogP) is 4.78. The average molecular weight is 370 g/mol. The maximum Gasteiger partial charge on any atom is 0.188 e. The molecule has 0 aliphatic rings. The summed E-state index contributed by atoms with van der Waals surface area (Å²) in [6.45, 7) is 0. The molecule has 0 amide bonds. The van der Waals surface area contributed by atoms with Gasteiger partial charge in [-0.1, -0.05) is 11.3 Å². The first kappa shape index (κ1) is 11.9. The van der Waals surface area contributed by atoms with E-state index in [4.69, 9.17) is 0 Å². The second kappa shape index (κ2) is 4.81. The lowest BCUT2D eigenvalue weighted by atomic mass is 10.3. The van der Waals surface area contributed by atoms with E-state index >= 15 is 0 Å². The molecule has 0 bridgehead atoms. The Balaban J connectivity index is 1.92. The predicted molar refractivity (Wildman–Crippen MR) is 82.0 cm³/mol. The Morgan fingerprint density at radius 1 is 1.11 bits per heavy atom. The van der Waals surface area contributed by atoms with Gasteiger partial charge in [-0.2, -0.15) is 0 Å². The van der Waals surface area contributed by atoms with Gasteiger partial charge in [0.2, 0.25) is 0 Å². The largest absolute Gasteiger partial charge is 0.332 e. The van der Waals surface area contributed by atoms with Gasteiger partial charge in [0.1, 0.15) is 5.82 Å². The van der Waals surface area contributed by atoms with Crippen molar-refractivity contribution in [3.63, 3.8) is 0 Å². The standard InChI is InChI=1S/C13H8FIN2S/c14-8-1-6-12-11(7-8)17-13(18-12)16-10-4-2-9(15)3-5-10/h1-7H,(H,16,17). The lowest BCUT2D eigenvalue weighted by molar-refractivity contribution is 0.629. The summed E-state index contributed by atoms with van der Waals surface area (Å²) in [5, 5.41) is 4.00. The van der Waals surface area contributed by atoms with Gasteiger partial charge in [-0.15, -0.1) is 0 Å². The molecule has 0 spiro atoms. The van der Waals surface area contributed by atoms with E-state index in [0.29, 0.717) is 5.52 Å². The summed E-state index contributed by atoms with van der Waals surface area (Å²) in [7, 11) is 0. The van der Waals surface area contributed by atoms with Gasteiger partial charge in [-0.05, 0) is 59.0 Å². The molecular formula is C13H8FIN2S. The zero-order valence-electron chi connectivity index (χ0n) is 9.15. The molecule has 5 heteroatoms. The normalized spacial score (nSPS) is 10.8. The van der Waals surface area contributed by atoms with Crippen LogP contribution in [0.2, 0.25) is 0 Å². The first-order valence-electron chi connectivity index (χ1n) is 5.29. The molecular weight excluding hydrogens is 362 g/mol. The zero-order valence-corrected chi connectivity index (χ0v) is 12.1. The molecule has 90 valence electrons. The van der Waals surface area contributed by atoms with Crippen molar-refractivity contribution in [1.29, 1.82) is 0 Å². The van der Waals surface area contributed by atoms with Crippen molar-refractivity contribution in [2.24, 2.45) is 0 Å². The van der Waals surface area contributed by atoms with Crippen LogP contribution in [0.5, 0.6) is 0 Å². The number of hydrogen-bond acceptors (Lipinski definition) is 3. The molecule has 1 aromatic heterocycles. The number of thiazole rings is 1. The average Bonchev–Trinajstić information content (AvgIpc) is 2.73. The Morgan fingerprint density at radius 2 is 1.89 bits per heavy atom.